The third kappa shape index (κ3) is 5.48. The van der Waals surface area contributed by atoms with Crippen LogP contribution in [0.1, 0.15) is 23.2 Å². The molecule has 1 saturated heterocycles. The van der Waals surface area contributed by atoms with Crippen molar-refractivity contribution in [1.29, 1.82) is 0 Å². The lowest BCUT2D eigenvalue weighted by atomic mass is 10.2. The number of carbonyl (C=O) groups is 1. The van der Waals surface area contributed by atoms with E-state index in [1.54, 1.807) is 0 Å². The van der Waals surface area contributed by atoms with Crippen molar-refractivity contribution >= 4 is 29.2 Å². The lowest BCUT2D eigenvalue weighted by Crippen LogP contribution is -2.36. The minimum Gasteiger partial charge on any atom is -0.376 e. The van der Waals surface area contributed by atoms with Crippen LogP contribution >= 0.6 is 11.6 Å². The molecule has 1 atom stereocenters. The Bertz CT molecular complexity index is 837. The molecule has 1 amide bonds. The summed E-state index contributed by atoms with van der Waals surface area (Å²) in [4.78, 5) is 16.8. The van der Waals surface area contributed by atoms with Crippen molar-refractivity contribution in [1.82, 2.24) is 5.32 Å². The Kier molecular flexibility index (Phi) is 6.36. The van der Waals surface area contributed by atoms with E-state index in [0.29, 0.717) is 18.8 Å². The molecule has 1 fully saturated rings. The first-order valence-electron chi connectivity index (χ1n) is 8.46. The fraction of sp³-hybridized carbons (Fsp3) is 0.263. The van der Waals surface area contributed by atoms with Gasteiger partial charge in [0.05, 0.1) is 17.7 Å². The van der Waals surface area contributed by atoms with Gasteiger partial charge in [-0.25, -0.2) is 13.8 Å². The van der Waals surface area contributed by atoms with Crippen molar-refractivity contribution in [3.63, 3.8) is 0 Å². The van der Waals surface area contributed by atoms with Gasteiger partial charge in [-0.2, -0.15) is 0 Å². The highest BCUT2D eigenvalue weighted by Crippen LogP contribution is 2.19. The second kappa shape index (κ2) is 8.92. The molecular weight excluding hydrogens is 376 g/mol. The van der Waals surface area contributed by atoms with E-state index < -0.39 is 17.5 Å². The molecule has 1 aliphatic heterocycles. The zero-order valence-electron chi connectivity index (χ0n) is 14.3. The fourth-order valence-electron chi connectivity index (χ4n) is 2.58. The molecule has 5 nitrogen and oxygen atoms in total. The van der Waals surface area contributed by atoms with Crippen LogP contribution in [0, 0.1) is 11.6 Å². The van der Waals surface area contributed by atoms with Gasteiger partial charge in [0.1, 0.15) is 11.6 Å². The maximum absolute atomic E-state index is 13.3. The van der Waals surface area contributed by atoms with E-state index in [2.05, 4.69) is 15.6 Å². The zero-order chi connectivity index (χ0) is 19.2. The summed E-state index contributed by atoms with van der Waals surface area (Å²) in [6.07, 6.45) is 1.85. The van der Waals surface area contributed by atoms with Gasteiger partial charge in [0, 0.05) is 17.9 Å². The molecule has 2 aromatic carbocycles. The van der Waals surface area contributed by atoms with Crippen LogP contribution in [0.2, 0.25) is 5.02 Å². The van der Waals surface area contributed by atoms with Gasteiger partial charge in [0.25, 0.3) is 5.91 Å². The molecule has 27 heavy (non-hydrogen) atoms. The lowest BCUT2D eigenvalue weighted by molar-refractivity contribution is 0.0975. The van der Waals surface area contributed by atoms with Gasteiger partial charge in [-0.1, -0.05) is 11.6 Å². The minimum absolute atomic E-state index is 0.0127. The van der Waals surface area contributed by atoms with Crippen molar-refractivity contribution in [2.24, 2.45) is 4.99 Å². The fourth-order valence-corrected chi connectivity index (χ4v) is 2.76. The zero-order valence-corrected chi connectivity index (χ0v) is 15.1. The van der Waals surface area contributed by atoms with E-state index in [9.17, 15) is 13.6 Å². The summed E-state index contributed by atoms with van der Waals surface area (Å²) in [7, 11) is 0. The molecule has 1 aliphatic rings. The number of ether oxygens (including phenoxy) is 1. The summed E-state index contributed by atoms with van der Waals surface area (Å²) < 4.78 is 31.9. The Morgan fingerprint density at radius 1 is 1.22 bits per heavy atom. The van der Waals surface area contributed by atoms with Crippen molar-refractivity contribution in [3.8, 4) is 0 Å². The lowest BCUT2D eigenvalue weighted by Gasteiger charge is -2.14. The molecule has 0 aromatic heterocycles. The standard InChI is InChI=1S/C19H18ClF2N3O2/c20-16-10-14(7-8-17(16)22)24-19(23-11-15-2-1-9-27-15)25-18(26)12-3-5-13(21)6-4-12/h3-8,10,15H,1-2,9,11H2,(H2,23,24,25,26)/t15-/m1/s1. The van der Waals surface area contributed by atoms with Crippen molar-refractivity contribution in [2.75, 3.05) is 18.5 Å². The van der Waals surface area contributed by atoms with Crippen LogP contribution in [0.5, 0.6) is 0 Å². The van der Waals surface area contributed by atoms with Gasteiger partial charge < -0.3 is 10.1 Å². The van der Waals surface area contributed by atoms with Crippen LogP contribution in [0.3, 0.4) is 0 Å². The van der Waals surface area contributed by atoms with Crippen molar-refractivity contribution < 1.29 is 18.3 Å². The quantitative estimate of drug-likeness (QED) is 0.609. The van der Waals surface area contributed by atoms with Gasteiger partial charge in [0.2, 0.25) is 5.96 Å². The highest BCUT2D eigenvalue weighted by molar-refractivity contribution is 6.31. The third-order valence-corrected chi connectivity index (χ3v) is 4.29. The van der Waals surface area contributed by atoms with E-state index in [1.807, 2.05) is 0 Å². The molecule has 142 valence electrons. The van der Waals surface area contributed by atoms with Crippen LogP contribution in [-0.4, -0.2) is 31.1 Å². The summed E-state index contributed by atoms with van der Waals surface area (Å²) in [6, 6.07) is 9.23. The van der Waals surface area contributed by atoms with Gasteiger partial charge in [0.15, 0.2) is 0 Å². The average Bonchev–Trinajstić information content (AvgIpc) is 3.17. The van der Waals surface area contributed by atoms with Crippen molar-refractivity contribution in [3.05, 3.63) is 64.7 Å². The van der Waals surface area contributed by atoms with Crippen molar-refractivity contribution in [2.45, 2.75) is 18.9 Å². The number of hydrogen-bond donors (Lipinski definition) is 2. The van der Waals surface area contributed by atoms with Gasteiger partial charge in [-0.3, -0.25) is 10.1 Å². The third-order valence-electron chi connectivity index (χ3n) is 4.00. The SMILES string of the molecule is O=C(NC(=NC[C@H]1CCCO1)Nc1ccc(F)c(Cl)c1)c1ccc(F)cc1. The number of nitrogens with zero attached hydrogens (tertiary/aromatic N) is 1. The molecule has 0 aliphatic carbocycles. The van der Waals surface area contributed by atoms with Crippen LogP contribution in [0.25, 0.3) is 0 Å². The molecule has 2 aromatic rings. The number of nitrogens with one attached hydrogen (secondary N) is 2. The molecule has 2 N–H and O–H groups in total. The number of halogens is 3. The molecule has 8 heteroatoms. The Morgan fingerprint density at radius 3 is 2.67 bits per heavy atom. The first-order valence-corrected chi connectivity index (χ1v) is 8.84. The molecule has 3 rings (SSSR count). The number of carbonyl (C=O) groups excluding carboxylic acids is 1. The first kappa shape index (κ1) is 19.3. The topological polar surface area (TPSA) is 62.7 Å². The number of aliphatic imine (C=N–C) groups is 1. The maximum atomic E-state index is 13.3. The second-order valence-corrected chi connectivity index (χ2v) is 6.45. The van der Waals surface area contributed by atoms with Crippen LogP contribution in [0.15, 0.2) is 47.5 Å². The Labute approximate surface area is 160 Å². The highest BCUT2D eigenvalue weighted by atomic mass is 35.5. The van der Waals surface area contributed by atoms with Crippen LogP contribution < -0.4 is 10.6 Å². The van der Waals surface area contributed by atoms with E-state index >= 15 is 0 Å². The van der Waals surface area contributed by atoms with E-state index in [-0.39, 0.29) is 22.6 Å². The predicted octanol–water partition coefficient (Wildman–Crippen LogP) is 4.00. The predicted molar refractivity (Wildman–Crippen MR) is 100 cm³/mol. The highest BCUT2D eigenvalue weighted by Gasteiger charge is 2.16. The largest absolute Gasteiger partial charge is 0.376 e. The Morgan fingerprint density at radius 2 is 2.00 bits per heavy atom. The van der Waals surface area contributed by atoms with E-state index in [1.165, 1.54) is 42.5 Å². The Hall–Kier alpha value is -2.51. The monoisotopic (exact) mass is 393 g/mol. The summed E-state index contributed by atoms with van der Waals surface area (Å²) in [5.41, 5.74) is 0.743. The first-order chi connectivity index (χ1) is 13.0. The number of benzene rings is 2. The van der Waals surface area contributed by atoms with E-state index in [4.69, 9.17) is 16.3 Å². The second-order valence-electron chi connectivity index (χ2n) is 6.04. The number of rotatable bonds is 4. The molecule has 1 heterocycles. The molecule has 0 unspecified atom stereocenters. The van der Waals surface area contributed by atoms with Gasteiger partial charge in [-0.05, 0) is 55.3 Å². The maximum Gasteiger partial charge on any atom is 0.257 e. The average molecular weight is 394 g/mol. The molecule has 0 spiro atoms. The van der Waals surface area contributed by atoms with Crippen LogP contribution in [0.4, 0.5) is 14.5 Å². The number of hydrogen-bond acceptors (Lipinski definition) is 3. The van der Waals surface area contributed by atoms with Crippen LogP contribution in [-0.2, 0) is 4.74 Å². The summed E-state index contributed by atoms with van der Waals surface area (Å²) in [6.45, 7) is 1.05. The normalized spacial score (nSPS) is 17.0. The van der Waals surface area contributed by atoms with Gasteiger partial charge >= 0.3 is 0 Å². The molecule has 0 radical (unpaired) electrons. The summed E-state index contributed by atoms with van der Waals surface area (Å²) in [5.74, 6) is -1.27. The number of amides is 1. The molecule has 0 saturated carbocycles. The molecular formula is C19H18ClF2N3O2. The van der Waals surface area contributed by atoms with E-state index in [0.717, 1.165) is 12.8 Å². The minimum atomic E-state index is -0.546. The molecule has 0 bridgehead atoms. The summed E-state index contributed by atoms with van der Waals surface area (Å²) >= 11 is 5.80. The van der Waals surface area contributed by atoms with Gasteiger partial charge in [-0.15, -0.1) is 0 Å². The Balaban J connectivity index is 1.75. The summed E-state index contributed by atoms with van der Waals surface area (Å²) in [5, 5.41) is 5.51. The number of guanidine groups is 1. The number of anilines is 1. The smallest absolute Gasteiger partial charge is 0.257 e.